The van der Waals surface area contributed by atoms with E-state index in [0.717, 1.165) is 0 Å². The molecule has 5 N–H and O–H groups in total. The molecule has 0 bridgehead atoms. The Kier molecular flexibility index (Phi) is 5.62. The fourth-order valence-electron chi connectivity index (χ4n) is 1.59. The number of primary amides is 1. The van der Waals surface area contributed by atoms with Gasteiger partial charge in [-0.25, -0.2) is 4.79 Å². The Morgan fingerprint density at radius 2 is 1.86 bits per heavy atom. The predicted octanol–water partition coefficient (Wildman–Crippen LogP) is 1.68. The Bertz CT molecular complexity index is 619. The maximum atomic E-state index is 12.3. The highest BCUT2D eigenvalue weighted by Gasteiger charge is 2.33. The van der Waals surface area contributed by atoms with Crippen molar-refractivity contribution in [2.45, 2.75) is 25.4 Å². The zero-order valence-electron chi connectivity index (χ0n) is 11.8. The lowest BCUT2D eigenvalue weighted by Crippen LogP contribution is -2.55. The van der Waals surface area contributed by atoms with Gasteiger partial charge in [0.05, 0.1) is 10.0 Å². The van der Waals surface area contributed by atoms with Gasteiger partial charge < -0.3 is 21.5 Å². The zero-order valence-corrected chi connectivity index (χ0v) is 13.3. The Morgan fingerprint density at radius 1 is 1.27 bits per heavy atom. The van der Waals surface area contributed by atoms with Gasteiger partial charge in [-0.2, -0.15) is 0 Å². The highest BCUT2D eigenvalue weighted by atomic mass is 35.5. The number of amides is 3. The minimum Gasteiger partial charge on any atom is -0.465 e. The molecule has 1 aromatic rings. The van der Waals surface area contributed by atoms with Gasteiger partial charge in [-0.1, -0.05) is 35.3 Å². The van der Waals surface area contributed by atoms with Gasteiger partial charge in [-0.3, -0.25) is 9.59 Å². The summed E-state index contributed by atoms with van der Waals surface area (Å²) in [6, 6.07) is 3.12. The number of hydrogen-bond acceptors (Lipinski definition) is 3. The molecule has 3 amide bonds. The molecule has 0 aliphatic carbocycles. The lowest BCUT2D eigenvalue weighted by atomic mass is 10.0. The second-order valence-electron chi connectivity index (χ2n) is 5.00. The number of carboxylic acid groups (broad SMARTS) is 1. The molecule has 0 fully saturated rings. The molecule has 120 valence electrons. The van der Waals surface area contributed by atoms with Crippen LogP contribution in [0.2, 0.25) is 10.0 Å². The van der Waals surface area contributed by atoms with Crippen LogP contribution in [0.4, 0.5) is 4.79 Å². The van der Waals surface area contributed by atoms with Crippen molar-refractivity contribution in [3.63, 3.8) is 0 Å². The maximum Gasteiger partial charge on any atom is 0.405 e. The Balaban J connectivity index is 3.18. The number of nitrogens with two attached hydrogens (primary N) is 1. The van der Waals surface area contributed by atoms with Crippen LogP contribution in [0.5, 0.6) is 0 Å². The van der Waals surface area contributed by atoms with Crippen LogP contribution in [0, 0.1) is 0 Å². The molecule has 1 aromatic carbocycles. The molecule has 0 aliphatic heterocycles. The van der Waals surface area contributed by atoms with Crippen LogP contribution in [0.25, 0.3) is 0 Å². The standard InChI is InChI=1S/C13H15Cl2N3O4/c1-13(2,11(16)20)18-10(19)9(17-12(21)22)6-4-3-5-7(14)8(6)15/h3-5,9,17H,1-2H3,(H2,16,20)(H,18,19)(H,21,22). The summed E-state index contributed by atoms with van der Waals surface area (Å²) < 4.78 is 0. The van der Waals surface area contributed by atoms with Gasteiger partial charge in [0.1, 0.15) is 11.6 Å². The highest BCUT2D eigenvalue weighted by molar-refractivity contribution is 6.42. The van der Waals surface area contributed by atoms with Gasteiger partial charge in [-0.05, 0) is 19.9 Å². The summed E-state index contributed by atoms with van der Waals surface area (Å²) in [6.45, 7) is 2.79. The molecule has 0 heterocycles. The van der Waals surface area contributed by atoms with E-state index in [4.69, 9.17) is 34.0 Å². The first-order valence-corrected chi connectivity index (χ1v) is 6.87. The number of halogens is 2. The van der Waals surface area contributed by atoms with E-state index in [-0.39, 0.29) is 15.6 Å². The van der Waals surface area contributed by atoms with Gasteiger partial charge in [-0.15, -0.1) is 0 Å². The molecular formula is C13H15Cl2N3O4. The first kappa shape index (κ1) is 18.1. The van der Waals surface area contributed by atoms with Crippen molar-refractivity contribution < 1.29 is 19.5 Å². The number of benzene rings is 1. The Hall–Kier alpha value is -1.99. The third kappa shape index (κ3) is 4.25. The third-order valence-corrected chi connectivity index (χ3v) is 3.71. The predicted molar refractivity (Wildman–Crippen MR) is 81.8 cm³/mol. The number of carbonyl (C=O) groups is 3. The lowest BCUT2D eigenvalue weighted by Gasteiger charge is -2.26. The third-order valence-electron chi connectivity index (χ3n) is 2.87. The van der Waals surface area contributed by atoms with Crippen molar-refractivity contribution in [1.82, 2.24) is 10.6 Å². The van der Waals surface area contributed by atoms with Crippen molar-refractivity contribution >= 4 is 41.1 Å². The van der Waals surface area contributed by atoms with E-state index >= 15 is 0 Å². The van der Waals surface area contributed by atoms with Crippen molar-refractivity contribution in [2.75, 3.05) is 0 Å². The van der Waals surface area contributed by atoms with Crippen LogP contribution < -0.4 is 16.4 Å². The molecule has 22 heavy (non-hydrogen) atoms. The summed E-state index contributed by atoms with van der Waals surface area (Å²) in [4.78, 5) is 34.5. The van der Waals surface area contributed by atoms with E-state index in [1.807, 2.05) is 5.32 Å². The van der Waals surface area contributed by atoms with E-state index in [9.17, 15) is 14.4 Å². The first-order chi connectivity index (χ1) is 10.1. The number of carbonyl (C=O) groups excluding carboxylic acids is 2. The molecule has 7 nitrogen and oxygen atoms in total. The molecule has 0 spiro atoms. The molecular weight excluding hydrogens is 333 g/mol. The Labute approximate surface area is 136 Å². The van der Waals surface area contributed by atoms with Gasteiger partial charge >= 0.3 is 6.09 Å². The fourth-order valence-corrected chi connectivity index (χ4v) is 2.01. The number of hydrogen-bond donors (Lipinski definition) is 4. The molecule has 0 aromatic heterocycles. The maximum absolute atomic E-state index is 12.3. The average molecular weight is 348 g/mol. The van der Waals surface area contributed by atoms with Crippen LogP contribution >= 0.6 is 23.2 Å². The minimum absolute atomic E-state index is 0.0370. The average Bonchev–Trinajstić information content (AvgIpc) is 2.38. The van der Waals surface area contributed by atoms with Crippen LogP contribution in [-0.2, 0) is 9.59 Å². The largest absolute Gasteiger partial charge is 0.465 e. The monoisotopic (exact) mass is 347 g/mol. The van der Waals surface area contributed by atoms with Crippen molar-refractivity contribution in [3.05, 3.63) is 33.8 Å². The molecule has 1 rings (SSSR count). The van der Waals surface area contributed by atoms with Crippen LogP contribution in [0.1, 0.15) is 25.5 Å². The quantitative estimate of drug-likeness (QED) is 0.647. The topological polar surface area (TPSA) is 122 Å². The molecule has 0 aliphatic rings. The Morgan fingerprint density at radius 3 is 2.36 bits per heavy atom. The van der Waals surface area contributed by atoms with Crippen molar-refractivity contribution in [2.24, 2.45) is 5.73 Å². The molecule has 0 saturated heterocycles. The van der Waals surface area contributed by atoms with Crippen molar-refractivity contribution in [3.8, 4) is 0 Å². The first-order valence-electron chi connectivity index (χ1n) is 6.11. The van der Waals surface area contributed by atoms with E-state index in [2.05, 4.69) is 5.32 Å². The van der Waals surface area contributed by atoms with Crippen LogP contribution in [-0.4, -0.2) is 28.6 Å². The van der Waals surface area contributed by atoms with E-state index in [1.165, 1.54) is 32.0 Å². The fraction of sp³-hybridized carbons (Fsp3) is 0.308. The minimum atomic E-state index is -1.44. The summed E-state index contributed by atoms with van der Waals surface area (Å²) in [7, 11) is 0. The van der Waals surface area contributed by atoms with Crippen LogP contribution in [0.15, 0.2) is 18.2 Å². The summed E-state index contributed by atoms with van der Waals surface area (Å²) in [6.07, 6.45) is -1.44. The zero-order chi connectivity index (χ0) is 17.1. The lowest BCUT2D eigenvalue weighted by molar-refractivity contribution is -0.131. The van der Waals surface area contributed by atoms with E-state index in [1.54, 1.807) is 0 Å². The number of rotatable bonds is 5. The smallest absolute Gasteiger partial charge is 0.405 e. The van der Waals surface area contributed by atoms with Gasteiger partial charge in [0.2, 0.25) is 11.8 Å². The molecule has 0 radical (unpaired) electrons. The molecule has 1 unspecified atom stereocenters. The van der Waals surface area contributed by atoms with Crippen molar-refractivity contribution in [1.29, 1.82) is 0 Å². The van der Waals surface area contributed by atoms with E-state index < -0.39 is 29.5 Å². The summed E-state index contributed by atoms with van der Waals surface area (Å²) >= 11 is 11.9. The second kappa shape index (κ2) is 6.85. The normalized spacial score (nSPS) is 12.4. The SMILES string of the molecule is CC(C)(NC(=O)C(NC(=O)O)c1cccc(Cl)c1Cl)C(N)=O. The van der Waals surface area contributed by atoms with Crippen LogP contribution in [0.3, 0.4) is 0 Å². The molecule has 1 atom stereocenters. The summed E-state index contributed by atoms with van der Waals surface area (Å²) in [5.74, 6) is -1.55. The van der Waals surface area contributed by atoms with Gasteiger partial charge in [0.15, 0.2) is 0 Å². The number of nitrogens with one attached hydrogen (secondary N) is 2. The molecule has 9 heteroatoms. The summed E-state index contributed by atoms with van der Waals surface area (Å²) in [5, 5.41) is 13.5. The molecule has 0 saturated carbocycles. The highest BCUT2D eigenvalue weighted by Crippen LogP contribution is 2.30. The van der Waals surface area contributed by atoms with Gasteiger partial charge in [0.25, 0.3) is 0 Å². The second-order valence-corrected chi connectivity index (χ2v) is 5.79. The summed E-state index contributed by atoms with van der Waals surface area (Å²) in [5.41, 5.74) is 3.98. The van der Waals surface area contributed by atoms with E-state index in [0.29, 0.717) is 0 Å². The van der Waals surface area contributed by atoms with Gasteiger partial charge in [0, 0.05) is 5.56 Å².